The molecular formula is C17H28N4OS. The van der Waals surface area contributed by atoms with Gasteiger partial charge in [0.1, 0.15) is 5.01 Å². The fourth-order valence-electron chi connectivity index (χ4n) is 2.47. The van der Waals surface area contributed by atoms with Crippen LogP contribution < -0.4 is 5.32 Å². The van der Waals surface area contributed by atoms with E-state index < -0.39 is 0 Å². The van der Waals surface area contributed by atoms with E-state index in [0.717, 1.165) is 32.7 Å². The molecule has 0 bridgehead atoms. The van der Waals surface area contributed by atoms with Gasteiger partial charge in [-0.25, -0.2) is 4.98 Å². The number of hydrogen-bond acceptors (Lipinski definition) is 5. The van der Waals surface area contributed by atoms with Crippen LogP contribution in [-0.4, -0.2) is 60.0 Å². The van der Waals surface area contributed by atoms with Crippen molar-refractivity contribution in [2.45, 2.75) is 32.7 Å². The van der Waals surface area contributed by atoms with Crippen molar-refractivity contribution in [1.82, 2.24) is 20.1 Å². The quantitative estimate of drug-likeness (QED) is 0.806. The first-order valence-corrected chi connectivity index (χ1v) is 9.03. The van der Waals surface area contributed by atoms with Crippen LogP contribution >= 0.6 is 11.3 Å². The lowest BCUT2D eigenvalue weighted by Gasteiger charge is -2.33. The maximum absolute atomic E-state index is 11.7. The van der Waals surface area contributed by atoms with Crippen molar-refractivity contribution in [3.05, 3.63) is 28.7 Å². The summed E-state index contributed by atoms with van der Waals surface area (Å²) in [7, 11) is 0. The fourth-order valence-corrected chi connectivity index (χ4v) is 3.53. The minimum absolute atomic E-state index is 0.0769. The molecule has 0 saturated carbocycles. The first-order valence-electron chi connectivity index (χ1n) is 8.15. The third-order valence-corrected chi connectivity index (χ3v) is 4.79. The number of amides is 1. The van der Waals surface area contributed by atoms with E-state index in [1.165, 1.54) is 10.7 Å². The molecule has 1 saturated heterocycles. The summed E-state index contributed by atoms with van der Waals surface area (Å²) < 4.78 is 0. The standard InChI is InChI=1S/C17H28N4OS/c1-5-6-18-15(22)11-20-7-9-21(10-8-20)12-16-19-14(13-23-16)17(2,3)4/h5,13H,1,6-12H2,2-4H3,(H,18,22). The molecule has 1 amide bonds. The minimum atomic E-state index is 0.0769. The van der Waals surface area contributed by atoms with Gasteiger partial charge in [-0.1, -0.05) is 26.8 Å². The van der Waals surface area contributed by atoms with Gasteiger partial charge in [0.2, 0.25) is 5.91 Å². The van der Waals surface area contributed by atoms with E-state index in [9.17, 15) is 4.79 Å². The average Bonchev–Trinajstić information content (AvgIpc) is 2.96. The third-order valence-electron chi connectivity index (χ3n) is 3.95. The van der Waals surface area contributed by atoms with Gasteiger partial charge in [-0.05, 0) is 0 Å². The molecule has 0 aliphatic carbocycles. The second-order valence-electron chi connectivity index (χ2n) is 7.02. The fraction of sp³-hybridized carbons (Fsp3) is 0.647. The van der Waals surface area contributed by atoms with Gasteiger partial charge in [0.25, 0.3) is 0 Å². The van der Waals surface area contributed by atoms with E-state index in [0.29, 0.717) is 13.1 Å². The van der Waals surface area contributed by atoms with Crippen LogP contribution in [0.4, 0.5) is 0 Å². The topological polar surface area (TPSA) is 48.5 Å². The highest BCUT2D eigenvalue weighted by Gasteiger charge is 2.21. The minimum Gasteiger partial charge on any atom is -0.352 e. The lowest BCUT2D eigenvalue weighted by Crippen LogP contribution is -2.49. The number of hydrogen-bond donors (Lipinski definition) is 1. The third kappa shape index (κ3) is 5.71. The molecule has 0 spiro atoms. The Kier molecular flexibility index (Phi) is 6.33. The van der Waals surface area contributed by atoms with Crippen molar-refractivity contribution in [3.8, 4) is 0 Å². The lowest BCUT2D eigenvalue weighted by molar-refractivity contribution is -0.122. The maximum Gasteiger partial charge on any atom is 0.234 e. The Hall–Kier alpha value is -1.24. The molecule has 0 radical (unpaired) electrons. The van der Waals surface area contributed by atoms with Gasteiger partial charge >= 0.3 is 0 Å². The predicted octanol–water partition coefficient (Wildman–Crippen LogP) is 1.86. The number of piperazine rings is 1. The van der Waals surface area contributed by atoms with E-state index >= 15 is 0 Å². The zero-order valence-electron chi connectivity index (χ0n) is 14.5. The Labute approximate surface area is 143 Å². The first kappa shape index (κ1) is 18.1. The van der Waals surface area contributed by atoms with Crippen molar-refractivity contribution in [3.63, 3.8) is 0 Å². The average molecular weight is 337 g/mol. The molecule has 2 heterocycles. The number of nitrogens with zero attached hydrogens (tertiary/aromatic N) is 3. The van der Waals surface area contributed by atoms with Crippen molar-refractivity contribution < 1.29 is 4.79 Å². The van der Waals surface area contributed by atoms with E-state index in [1.54, 1.807) is 17.4 Å². The van der Waals surface area contributed by atoms with Crippen molar-refractivity contribution >= 4 is 17.2 Å². The first-order chi connectivity index (χ1) is 10.9. The summed E-state index contributed by atoms with van der Waals surface area (Å²) in [6.45, 7) is 16.0. The molecule has 0 aromatic carbocycles. The molecule has 23 heavy (non-hydrogen) atoms. The summed E-state index contributed by atoms with van der Waals surface area (Å²) in [5.41, 5.74) is 1.29. The number of rotatable bonds is 6. The van der Waals surface area contributed by atoms with Gasteiger partial charge in [0, 0.05) is 43.5 Å². The van der Waals surface area contributed by atoms with E-state index in [2.05, 4.69) is 47.8 Å². The highest BCUT2D eigenvalue weighted by atomic mass is 32.1. The zero-order valence-corrected chi connectivity index (χ0v) is 15.3. The van der Waals surface area contributed by atoms with Crippen LogP contribution in [0.1, 0.15) is 31.5 Å². The number of carbonyl (C=O) groups is 1. The summed E-state index contributed by atoms with van der Waals surface area (Å²) in [5.74, 6) is 0.0769. The molecule has 5 nitrogen and oxygen atoms in total. The van der Waals surface area contributed by atoms with Crippen molar-refractivity contribution in [2.75, 3.05) is 39.3 Å². The molecule has 1 aromatic heterocycles. The zero-order chi connectivity index (χ0) is 16.9. The smallest absolute Gasteiger partial charge is 0.234 e. The summed E-state index contributed by atoms with van der Waals surface area (Å²) in [6, 6.07) is 0. The van der Waals surface area contributed by atoms with Crippen molar-refractivity contribution in [1.29, 1.82) is 0 Å². The van der Waals surface area contributed by atoms with Gasteiger partial charge in [0.05, 0.1) is 18.8 Å². The van der Waals surface area contributed by atoms with Crippen LogP contribution in [0.2, 0.25) is 0 Å². The van der Waals surface area contributed by atoms with Crippen LogP contribution in [0.15, 0.2) is 18.0 Å². The highest BCUT2D eigenvalue weighted by molar-refractivity contribution is 7.09. The second kappa shape index (κ2) is 8.04. The second-order valence-corrected chi connectivity index (χ2v) is 7.96. The van der Waals surface area contributed by atoms with E-state index in [1.807, 2.05) is 0 Å². The molecule has 6 heteroatoms. The number of nitrogens with one attached hydrogen (secondary N) is 1. The van der Waals surface area contributed by atoms with Gasteiger partial charge in [-0.15, -0.1) is 17.9 Å². The molecule has 1 aromatic rings. The summed E-state index contributed by atoms with van der Waals surface area (Å²) in [5, 5.41) is 6.19. The maximum atomic E-state index is 11.7. The van der Waals surface area contributed by atoms with Gasteiger partial charge in [-0.2, -0.15) is 0 Å². The molecule has 1 aliphatic heterocycles. The Balaban J connectivity index is 1.75. The largest absolute Gasteiger partial charge is 0.352 e. The Bertz CT molecular complexity index is 527. The monoisotopic (exact) mass is 336 g/mol. The van der Waals surface area contributed by atoms with Crippen LogP contribution in [-0.2, 0) is 16.8 Å². The van der Waals surface area contributed by atoms with Gasteiger partial charge in [0.15, 0.2) is 0 Å². The number of thiazole rings is 1. The summed E-state index contributed by atoms with van der Waals surface area (Å²) in [4.78, 5) is 21.1. The van der Waals surface area contributed by atoms with E-state index in [4.69, 9.17) is 4.98 Å². The molecule has 1 aliphatic rings. The van der Waals surface area contributed by atoms with Crippen molar-refractivity contribution in [2.24, 2.45) is 0 Å². The van der Waals surface area contributed by atoms with Crippen LogP contribution in [0.25, 0.3) is 0 Å². The molecule has 0 unspecified atom stereocenters. The van der Waals surface area contributed by atoms with Crippen LogP contribution in [0.5, 0.6) is 0 Å². The molecule has 0 atom stereocenters. The SMILES string of the molecule is C=CCNC(=O)CN1CCN(Cc2nc(C(C)(C)C)cs2)CC1. The predicted molar refractivity (Wildman–Crippen MR) is 95.7 cm³/mol. The van der Waals surface area contributed by atoms with E-state index in [-0.39, 0.29) is 11.3 Å². The Morgan fingerprint density at radius 3 is 2.57 bits per heavy atom. The molecule has 1 N–H and O–H groups in total. The highest BCUT2D eigenvalue weighted by Crippen LogP contribution is 2.24. The normalized spacial score (nSPS) is 17.2. The summed E-state index contributed by atoms with van der Waals surface area (Å²) in [6.07, 6.45) is 1.70. The summed E-state index contributed by atoms with van der Waals surface area (Å²) >= 11 is 1.75. The Morgan fingerprint density at radius 1 is 1.35 bits per heavy atom. The molecule has 2 rings (SSSR count). The molecular weight excluding hydrogens is 308 g/mol. The number of carbonyl (C=O) groups excluding carboxylic acids is 1. The van der Waals surface area contributed by atoms with Gasteiger partial charge < -0.3 is 5.32 Å². The Morgan fingerprint density at radius 2 is 2.00 bits per heavy atom. The number of aromatic nitrogens is 1. The van der Waals surface area contributed by atoms with Crippen LogP contribution in [0, 0.1) is 0 Å². The molecule has 128 valence electrons. The van der Waals surface area contributed by atoms with Crippen LogP contribution in [0.3, 0.4) is 0 Å². The van der Waals surface area contributed by atoms with Gasteiger partial charge in [-0.3, -0.25) is 14.6 Å². The molecule has 1 fully saturated rings. The lowest BCUT2D eigenvalue weighted by atomic mass is 9.93.